The molecule has 0 aliphatic carbocycles. The smallest absolute Gasteiger partial charge is 0.365 e. The zero-order valence-electron chi connectivity index (χ0n) is 9.15. The van der Waals surface area contributed by atoms with Crippen molar-refractivity contribution in [2.75, 3.05) is 0 Å². The van der Waals surface area contributed by atoms with Crippen LogP contribution < -0.4 is 5.73 Å². The van der Waals surface area contributed by atoms with Crippen LogP contribution in [0.15, 0.2) is 24.5 Å². The van der Waals surface area contributed by atoms with Crippen molar-refractivity contribution in [2.24, 2.45) is 5.73 Å². The maximum Gasteiger partial charge on any atom is 0.433 e. The summed E-state index contributed by atoms with van der Waals surface area (Å²) in [4.78, 5) is 14.6. The lowest BCUT2D eigenvalue weighted by atomic mass is 10.2. The van der Waals surface area contributed by atoms with Crippen molar-refractivity contribution in [3.63, 3.8) is 0 Å². The lowest BCUT2D eigenvalue weighted by Gasteiger charge is -2.10. The Morgan fingerprint density at radius 1 is 1.37 bits per heavy atom. The van der Waals surface area contributed by atoms with Gasteiger partial charge in [-0.3, -0.25) is 4.79 Å². The number of amides is 1. The summed E-state index contributed by atoms with van der Waals surface area (Å²) in [5, 5.41) is 3.82. The second-order valence-corrected chi connectivity index (χ2v) is 4.78. The molecule has 0 atom stereocenters. The van der Waals surface area contributed by atoms with Crippen LogP contribution in [-0.4, -0.2) is 20.7 Å². The van der Waals surface area contributed by atoms with Crippen molar-refractivity contribution >= 4 is 28.5 Å². The van der Waals surface area contributed by atoms with E-state index in [0.29, 0.717) is 9.64 Å². The molecule has 2 heterocycles. The third-order valence-electron chi connectivity index (χ3n) is 2.20. The first-order valence-corrected chi connectivity index (χ1v) is 5.95. The largest absolute Gasteiger partial charge is 0.433 e. The van der Waals surface area contributed by atoms with Gasteiger partial charge in [-0.1, -0.05) is 0 Å². The molecule has 5 nitrogen and oxygen atoms in total. The Hall–Kier alpha value is -1.65. The molecule has 0 unspecified atom stereocenters. The van der Waals surface area contributed by atoms with E-state index in [1.54, 1.807) is 0 Å². The number of pyridine rings is 1. The fourth-order valence-corrected chi connectivity index (χ4v) is 1.78. The normalized spacial score (nSPS) is 11.6. The molecule has 2 aromatic heterocycles. The van der Waals surface area contributed by atoms with Crippen LogP contribution in [0.2, 0.25) is 0 Å². The molecule has 2 rings (SSSR count). The maximum atomic E-state index is 12.6. The Bertz CT molecular complexity index is 638. The van der Waals surface area contributed by atoms with Crippen molar-refractivity contribution in [1.82, 2.24) is 14.8 Å². The summed E-state index contributed by atoms with van der Waals surface area (Å²) in [6.07, 6.45) is -1.74. The number of primary amides is 1. The van der Waals surface area contributed by atoms with Gasteiger partial charge in [0, 0.05) is 6.20 Å². The van der Waals surface area contributed by atoms with Gasteiger partial charge in [-0.25, -0.2) is 9.67 Å². The number of halogens is 4. The Morgan fingerprint density at radius 3 is 2.53 bits per heavy atom. The van der Waals surface area contributed by atoms with Crippen LogP contribution in [-0.2, 0) is 6.18 Å². The number of carbonyl (C=O) groups is 1. The number of hydrogen-bond donors (Lipinski definition) is 1. The van der Waals surface area contributed by atoms with Crippen molar-refractivity contribution in [3.05, 3.63) is 39.4 Å². The molecular weight excluding hydrogens is 376 g/mol. The monoisotopic (exact) mass is 382 g/mol. The van der Waals surface area contributed by atoms with E-state index < -0.39 is 17.8 Å². The first-order valence-electron chi connectivity index (χ1n) is 4.87. The van der Waals surface area contributed by atoms with Gasteiger partial charge < -0.3 is 5.73 Å². The van der Waals surface area contributed by atoms with E-state index in [0.717, 1.165) is 10.7 Å². The summed E-state index contributed by atoms with van der Waals surface area (Å²) in [6.45, 7) is 0. The molecule has 0 saturated heterocycles. The Kier molecular flexibility index (Phi) is 3.47. The molecule has 0 aliphatic rings. The van der Waals surface area contributed by atoms with E-state index in [1.165, 1.54) is 12.4 Å². The molecule has 1 amide bonds. The molecule has 2 aromatic rings. The molecule has 0 bridgehead atoms. The second kappa shape index (κ2) is 4.79. The third-order valence-corrected chi connectivity index (χ3v) is 2.76. The highest BCUT2D eigenvalue weighted by Gasteiger charge is 2.33. The average molecular weight is 382 g/mol. The van der Waals surface area contributed by atoms with Crippen molar-refractivity contribution < 1.29 is 18.0 Å². The van der Waals surface area contributed by atoms with E-state index in [4.69, 9.17) is 5.73 Å². The van der Waals surface area contributed by atoms with Crippen LogP contribution in [0.1, 0.15) is 16.1 Å². The number of hydrogen-bond acceptors (Lipinski definition) is 3. The lowest BCUT2D eigenvalue weighted by Crippen LogP contribution is -2.19. The Labute approximate surface area is 118 Å². The summed E-state index contributed by atoms with van der Waals surface area (Å²) >= 11 is 1.93. The number of alkyl halides is 3. The highest BCUT2D eigenvalue weighted by Crippen LogP contribution is 2.29. The topological polar surface area (TPSA) is 73.8 Å². The molecule has 0 spiro atoms. The van der Waals surface area contributed by atoms with Crippen LogP contribution in [0.3, 0.4) is 0 Å². The molecule has 0 aliphatic heterocycles. The molecular formula is C10H6F3IN4O. The minimum Gasteiger partial charge on any atom is -0.365 e. The van der Waals surface area contributed by atoms with Gasteiger partial charge in [-0.05, 0) is 34.7 Å². The summed E-state index contributed by atoms with van der Waals surface area (Å²) in [5.74, 6) is -1.12. The molecule has 0 fully saturated rings. The number of nitrogens with zero attached hydrogens (tertiary/aromatic N) is 3. The number of aromatic nitrogens is 3. The van der Waals surface area contributed by atoms with E-state index in [9.17, 15) is 18.0 Å². The molecule has 9 heteroatoms. The Balaban J connectivity index is 2.64. The first kappa shape index (κ1) is 13.8. The lowest BCUT2D eigenvalue weighted by molar-refractivity contribution is -0.141. The second-order valence-electron chi connectivity index (χ2n) is 3.53. The summed E-state index contributed by atoms with van der Waals surface area (Å²) < 4.78 is 39.6. The average Bonchev–Trinajstić information content (AvgIpc) is 2.73. The van der Waals surface area contributed by atoms with Gasteiger partial charge in [0.2, 0.25) is 0 Å². The summed E-state index contributed by atoms with van der Waals surface area (Å²) in [5.41, 5.74) is 3.87. The van der Waals surface area contributed by atoms with E-state index >= 15 is 0 Å². The Morgan fingerprint density at radius 2 is 2.05 bits per heavy atom. The summed E-state index contributed by atoms with van der Waals surface area (Å²) in [6, 6.07) is 1.69. The van der Waals surface area contributed by atoms with Crippen LogP contribution >= 0.6 is 22.6 Å². The molecule has 0 saturated carbocycles. The van der Waals surface area contributed by atoms with Gasteiger partial charge in [-0.15, -0.1) is 0 Å². The predicted molar refractivity (Wildman–Crippen MR) is 67.6 cm³/mol. The van der Waals surface area contributed by atoms with E-state index in [-0.39, 0.29) is 11.4 Å². The highest BCUT2D eigenvalue weighted by molar-refractivity contribution is 14.1. The van der Waals surface area contributed by atoms with Crippen LogP contribution in [0.25, 0.3) is 5.82 Å². The van der Waals surface area contributed by atoms with Crippen molar-refractivity contribution in [1.29, 1.82) is 0 Å². The maximum absolute atomic E-state index is 12.6. The van der Waals surface area contributed by atoms with Gasteiger partial charge in [0.1, 0.15) is 5.69 Å². The van der Waals surface area contributed by atoms with E-state index in [2.05, 4.69) is 10.1 Å². The molecule has 100 valence electrons. The number of carbonyl (C=O) groups excluding carboxylic acids is 1. The molecule has 0 radical (unpaired) electrons. The fourth-order valence-electron chi connectivity index (χ4n) is 1.39. The van der Waals surface area contributed by atoms with Crippen molar-refractivity contribution in [3.8, 4) is 5.82 Å². The first-order chi connectivity index (χ1) is 8.79. The van der Waals surface area contributed by atoms with Gasteiger partial charge in [0.15, 0.2) is 5.82 Å². The SMILES string of the molecule is NC(=O)c1ccc(C(F)(F)F)nc1-n1cc(I)cn1. The minimum atomic E-state index is -4.61. The minimum absolute atomic E-state index is 0.132. The van der Waals surface area contributed by atoms with Crippen LogP contribution in [0, 0.1) is 3.57 Å². The fraction of sp³-hybridized carbons (Fsp3) is 0.100. The third kappa shape index (κ3) is 2.85. The predicted octanol–water partition coefficient (Wildman–Crippen LogP) is 1.99. The molecule has 0 aromatic carbocycles. The number of rotatable bonds is 2. The zero-order valence-corrected chi connectivity index (χ0v) is 11.3. The van der Waals surface area contributed by atoms with Gasteiger partial charge in [0.05, 0.1) is 15.3 Å². The summed E-state index contributed by atoms with van der Waals surface area (Å²) in [7, 11) is 0. The standard InChI is InChI=1S/C10H6F3IN4O/c11-10(12,13)7-2-1-6(8(15)19)9(17-7)18-4-5(14)3-16-18/h1-4H,(H2,15,19). The van der Waals surface area contributed by atoms with Crippen LogP contribution in [0.4, 0.5) is 13.2 Å². The zero-order chi connectivity index (χ0) is 14.2. The van der Waals surface area contributed by atoms with Gasteiger partial charge >= 0.3 is 6.18 Å². The van der Waals surface area contributed by atoms with Gasteiger partial charge in [0.25, 0.3) is 5.91 Å². The van der Waals surface area contributed by atoms with Crippen LogP contribution in [0.5, 0.6) is 0 Å². The molecule has 19 heavy (non-hydrogen) atoms. The van der Waals surface area contributed by atoms with E-state index in [1.807, 2.05) is 22.6 Å². The highest BCUT2D eigenvalue weighted by atomic mass is 127. The van der Waals surface area contributed by atoms with Gasteiger partial charge in [-0.2, -0.15) is 18.3 Å². The quantitative estimate of drug-likeness (QED) is 0.808. The van der Waals surface area contributed by atoms with Crippen molar-refractivity contribution in [2.45, 2.75) is 6.18 Å². The number of nitrogens with two attached hydrogens (primary N) is 1. The molecule has 2 N–H and O–H groups in total.